The Morgan fingerprint density at radius 3 is 2.62 bits per heavy atom. The van der Waals surface area contributed by atoms with E-state index in [9.17, 15) is 4.79 Å². The van der Waals surface area contributed by atoms with Gasteiger partial charge in [0.05, 0.1) is 7.11 Å². The van der Waals surface area contributed by atoms with Crippen molar-refractivity contribution in [3.8, 4) is 5.88 Å². The first-order valence-electron chi connectivity index (χ1n) is 8.19. The van der Waals surface area contributed by atoms with E-state index >= 15 is 0 Å². The predicted octanol–water partition coefficient (Wildman–Crippen LogP) is 1.59. The van der Waals surface area contributed by atoms with Crippen LogP contribution >= 0.6 is 0 Å². The lowest BCUT2D eigenvalue weighted by molar-refractivity contribution is -0.132. The molecule has 2 aromatic heterocycles. The first-order valence-corrected chi connectivity index (χ1v) is 8.19. The Balaban J connectivity index is 1.53. The molecule has 1 aliphatic heterocycles. The van der Waals surface area contributed by atoms with Crippen LogP contribution in [0, 0.1) is 0 Å². The number of aromatic nitrogens is 3. The van der Waals surface area contributed by atoms with Crippen LogP contribution in [0.5, 0.6) is 5.88 Å². The quantitative estimate of drug-likeness (QED) is 0.833. The lowest BCUT2D eigenvalue weighted by atomic mass is 10.2. The Labute approximate surface area is 141 Å². The number of rotatable bonds is 5. The third-order valence-corrected chi connectivity index (χ3v) is 4.35. The average Bonchev–Trinajstić information content (AvgIpc) is 3.16. The summed E-state index contributed by atoms with van der Waals surface area (Å²) in [4.78, 5) is 25.1. The van der Waals surface area contributed by atoms with Gasteiger partial charge in [-0.25, -0.2) is 4.98 Å². The van der Waals surface area contributed by atoms with Crippen molar-refractivity contribution in [1.82, 2.24) is 19.4 Å². The second kappa shape index (κ2) is 7.33. The molecule has 0 unspecified atom stereocenters. The Morgan fingerprint density at radius 1 is 1.25 bits per heavy atom. The van der Waals surface area contributed by atoms with Crippen LogP contribution in [0.3, 0.4) is 0 Å². The van der Waals surface area contributed by atoms with Crippen molar-refractivity contribution in [2.45, 2.75) is 19.4 Å². The second-order valence-corrected chi connectivity index (χ2v) is 5.95. The number of methoxy groups -OCH3 is 1. The van der Waals surface area contributed by atoms with Crippen LogP contribution in [0.4, 0.5) is 5.95 Å². The molecule has 128 valence electrons. The van der Waals surface area contributed by atoms with E-state index in [1.54, 1.807) is 19.4 Å². The van der Waals surface area contributed by atoms with Crippen LogP contribution in [-0.4, -0.2) is 58.6 Å². The number of amides is 1. The largest absolute Gasteiger partial charge is 0.481 e. The van der Waals surface area contributed by atoms with Gasteiger partial charge in [-0.1, -0.05) is 0 Å². The van der Waals surface area contributed by atoms with Crippen LogP contribution in [0.1, 0.15) is 19.4 Å². The second-order valence-electron chi connectivity index (χ2n) is 5.95. The van der Waals surface area contributed by atoms with Crippen LogP contribution in [0.25, 0.3) is 0 Å². The Kier molecular flexibility index (Phi) is 4.98. The third kappa shape index (κ3) is 3.67. The minimum atomic E-state index is 0.173. The number of carbonyl (C=O) groups excluding carboxylic acids is 1. The third-order valence-electron chi connectivity index (χ3n) is 4.35. The molecule has 1 aliphatic rings. The molecule has 0 radical (unpaired) electrons. The summed E-state index contributed by atoms with van der Waals surface area (Å²) in [6, 6.07) is 5.86. The molecule has 0 saturated carbocycles. The first-order chi connectivity index (χ1) is 11.7. The highest BCUT2D eigenvalue weighted by Crippen LogP contribution is 2.17. The van der Waals surface area contributed by atoms with Crippen molar-refractivity contribution in [2.75, 3.05) is 38.2 Å². The van der Waals surface area contributed by atoms with Gasteiger partial charge in [-0.05, 0) is 19.1 Å². The number of ether oxygens (including phenoxy) is 1. The minimum Gasteiger partial charge on any atom is -0.481 e. The standard InChI is InChI=1S/C17H23N5O2/c1-14(20-7-3-4-8-20)13-16(23)21-9-11-22(12-10-21)17-18-6-5-15(19-17)24-2/h3-8,14H,9-13H2,1-2H3/t14-/m1/s1. The molecular weight excluding hydrogens is 306 g/mol. The van der Waals surface area contributed by atoms with Crippen molar-refractivity contribution >= 4 is 11.9 Å². The average molecular weight is 329 g/mol. The van der Waals surface area contributed by atoms with Gasteiger partial charge in [0.25, 0.3) is 0 Å². The van der Waals surface area contributed by atoms with Crippen molar-refractivity contribution < 1.29 is 9.53 Å². The topological polar surface area (TPSA) is 63.5 Å². The molecule has 7 heteroatoms. The summed E-state index contributed by atoms with van der Waals surface area (Å²) >= 11 is 0. The lowest BCUT2D eigenvalue weighted by Crippen LogP contribution is -2.49. The van der Waals surface area contributed by atoms with E-state index in [2.05, 4.69) is 26.4 Å². The number of anilines is 1. The van der Waals surface area contributed by atoms with E-state index in [4.69, 9.17) is 4.74 Å². The SMILES string of the molecule is COc1ccnc(N2CCN(C(=O)C[C@@H](C)n3cccc3)CC2)n1. The lowest BCUT2D eigenvalue weighted by Gasteiger charge is -2.35. The van der Waals surface area contributed by atoms with Crippen LogP contribution in [0.2, 0.25) is 0 Å². The summed E-state index contributed by atoms with van der Waals surface area (Å²) in [5.74, 6) is 1.41. The fourth-order valence-corrected chi connectivity index (χ4v) is 2.88. The number of piperazine rings is 1. The molecule has 24 heavy (non-hydrogen) atoms. The zero-order valence-electron chi connectivity index (χ0n) is 14.1. The molecule has 1 saturated heterocycles. The molecule has 0 spiro atoms. The van der Waals surface area contributed by atoms with E-state index in [-0.39, 0.29) is 11.9 Å². The van der Waals surface area contributed by atoms with Crippen molar-refractivity contribution in [3.63, 3.8) is 0 Å². The maximum atomic E-state index is 12.5. The predicted molar refractivity (Wildman–Crippen MR) is 91.1 cm³/mol. The fourth-order valence-electron chi connectivity index (χ4n) is 2.88. The molecule has 2 aromatic rings. The van der Waals surface area contributed by atoms with Crippen molar-refractivity contribution in [3.05, 3.63) is 36.8 Å². The van der Waals surface area contributed by atoms with E-state index < -0.39 is 0 Å². The Bertz CT molecular complexity index is 665. The molecule has 0 aliphatic carbocycles. The minimum absolute atomic E-state index is 0.173. The summed E-state index contributed by atoms with van der Waals surface area (Å²) in [7, 11) is 1.59. The van der Waals surface area contributed by atoms with Crippen molar-refractivity contribution in [1.29, 1.82) is 0 Å². The number of hydrogen-bond donors (Lipinski definition) is 0. The Hall–Kier alpha value is -2.57. The number of hydrogen-bond acceptors (Lipinski definition) is 5. The monoisotopic (exact) mass is 329 g/mol. The summed E-state index contributed by atoms with van der Waals surface area (Å²) in [5, 5.41) is 0. The zero-order chi connectivity index (χ0) is 16.9. The molecule has 0 aromatic carbocycles. The summed E-state index contributed by atoms with van der Waals surface area (Å²) in [5.41, 5.74) is 0. The molecule has 7 nitrogen and oxygen atoms in total. The molecule has 0 bridgehead atoms. The smallest absolute Gasteiger partial charge is 0.228 e. The van der Waals surface area contributed by atoms with Gasteiger partial charge < -0.3 is 19.1 Å². The van der Waals surface area contributed by atoms with Gasteiger partial charge in [0, 0.05) is 63.3 Å². The molecule has 1 fully saturated rings. The highest BCUT2D eigenvalue weighted by Gasteiger charge is 2.24. The Morgan fingerprint density at radius 2 is 1.96 bits per heavy atom. The van der Waals surface area contributed by atoms with Gasteiger partial charge in [-0.15, -0.1) is 0 Å². The van der Waals surface area contributed by atoms with Crippen molar-refractivity contribution in [2.24, 2.45) is 0 Å². The summed E-state index contributed by atoms with van der Waals surface area (Å²) in [6.07, 6.45) is 6.20. The number of nitrogens with zero attached hydrogens (tertiary/aromatic N) is 5. The van der Waals surface area contributed by atoms with Crippen LogP contribution < -0.4 is 9.64 Å². The van der Waals surface area contributed by atoms with Crippen LogP contribution in [0.15, 0.2) is 36.8 Å². The first kappa shape index (κ1) is 16.3. The normalized spacial score (nSPS) is 16.1. The van der Waals surface area contributed by atoms with Gasteiger partial charge in [-0.3, -0.25) is 4.79 Å². The number of carbonyl (C=O) groups is 1. The van der Waals surface area contributed by atoms with E-state index in [1.807, 2.05) is 29.4 Å². The fraction of sp³-hybridized carbons (Fsp3) is 0.471. The van der Waals surface area contributed by atoms with Gasteiger partial charge in [0.15, 0.2) is 0 Å². The van der Waals surface area contributed by atoms with E-state index in [1.165, 1.54) is 0 Å². The van der Waals surface area contributed by atoms with Gasteiger partial charge in [0.2, 0.25) is 17.7 Å². The van der Waals surface area contributed by atoms with E-state index in [0.717, 1.165) is 13.1 Å². The van der Waals surface area contributed by atoms with Gasteiger partial charge >= 0.3 is 0 Å². The van der Waals surface area contributed by atoms with Crippen LogP contribution in [-0.2, 0) is 4.79 Å². The van der Waals surface area contributed by atoms with Gasteiger partial charge in [0.1, 0.15) is 0 Å². The maximum Gasteiger partial charge on any atom is 0.228 e. The van der Waals surface area contributed by atoms with Gasteiger partial charge in [-0.2, -0.15) is 4.98 Å². The highest BCUT2D eigenvalue weighted by molar-refractivity contribution is 5.77. The molecule has 3 heterocycles. The molecule has 1 atom stereocenters. The zero-order valence-corrected chi connectivity index (χ0v) is 14.1. The molecule has 1 amide bonds. The molecule has 3 rings (SSSR count). The summed E-state index contributed by atoms with van der Waals surface area (Å²) < 4.78 is 7.21. The highest BCUT2D eigenvalue weighted by atomic mass is 16.5. The van der Waals surface area contributed by atoms with E-state index in [0.29, 0.717) is 31.3 Å². The maximum absolute atomic E-state index is 12.5. The summed E-state index contributed by atoms with van der Waals surface area (Å²) in [6.45, 7) is 4.92. The molecular formula is C17H23N5O2. The molecule has 0 N–H and O–H groups in total.